The summed E-state index contributed by atoms with van der Waals surface area (Å²) >= 11 is 1.40. The molecule has 0 radical (unpaired) electrons. The third-order valence-corrected chi connectivity index (χ3v) is 7.48. The number of hydrogen-bond donors (Lipinski definition) is 0. The summed E-state index contributed by atoms with van der Waals surface area (Å²) in [5.74, 6) is -0.678. The second-order valence-corrected chi connectivity index (χ2v) is 9.63. The van der Waals surface area contributed by atoms with Gasteiger partial charge in [-0.25, -0.2) is 4.39 Å². The summed E-state index contributed by atoms with van der Waals surface area (Å²) in [6.45, 7) is 4.20. The van der Waals surface area contributed by atoms with Crippen LogP contribution in [0.4, 0.5) is 4.39 Å². The van der Waals surface area contributed by atoms with E-state index in [9.17, 15) is 18.8 Å². The minimum atomic E-state index is -0.544. The second-order valence-electron chi connectivity index (χ2n) is 8.66. The Kier molecular flexibility index (Phi) is 6.27. The van der Waals surface area contributed by atoms with Crippen LogP contribution in [0.5, 0.6) is 5.75 Å². The summed E-state index contributed by atoms with van der Waals surface area (Å²) in [4.78, 5) is 41.3. The highest BCUT2D eigenvalue weighted by atomic mass is 32.1. The van der Waals surface area contributed by atoms with Crippen LogP contribution in [0.2, 0.25) is 0 Å². The van der Waals surface area contributed by atoms with Crippen LogP contribution in [-0.2, 0) is 34.0 Å². The Labute approximate surface area is 195 Å². The molecule has 1 aromatic carbocycles. The van der Waals surface area contributed by atoms with E-state index in [-0.39, 0.29) is 36.3 Å². The maximum atomic E-state index is 14.7. The number of rotatable bonds is 6. The molecule has 2 aromatic rings. The number of carbonyl (C=O) groups is 3. The molecule has 1 saturated carbocycles. The number of halogens is 1. The van der Waals surface area contributed by atoms with Crippen LogP contribution in [0.1, 0.15) is 45.6 Å². The molecule has 7 nitrogen and oxygen atoms in total. The molecule has 2 fully saturated rings. The molecule has 33 heavy (non-hydrogen) atoms. The molecule has 5 rings (SSSR count). The molecule has 1 atom stereocenters. The number of benzene rings is 1. The molecule has 1 aliphatic carbocycles. The highest BCUT2D eigenvalue weighted by Crippen LogP contribution is 2.35. The molecule has 3 heterocycles. The number of carbonyl (C=O) groups excluding carboxylic acids is 3. The Morgan fingerprint density at radius 3 is 2.76 bits per heavy atom. The van der Waals surface area contributed by atoms with Gasteiger partial charge in [0.15, 0.2) is 17.3 Å². The first-order valence-electron chi connectivity index (χ1n) is 11.2. The SMILES string of the molecule is O=C1CC[C@H](N2Cc3c(csc3COc3ccc(CN4CCOCC4)cc3F)C2=O)C(=O)C1. The molecule has 0 N–H and O–H groups in total. The van der Waals surface area contributed by atoms with E-state index >= 15 is 0 Å². The molecule has 3 aliphatic rings. The lowest BCUT2D eigenvalue weighted by Gasteiger charge is -2.29. The smallest absolute Gasteiger partial charge is 0.255 e. The van der Waals surface area contributed by atoms with Gasteiger partial charge in [0.05, 0.1) is 31.2 Å². The summed E-state index contributed by atoms with van der Waals surface area (Å²) in [6, 6.07) is 4.48. The van der Waals surface area contributed by atoms with Crippen molar-refractivity contribution in [2.24, 2.45) is 0 Å². The van der Waals surface area contributed by atoms with E-state index in [0.717, 1.165) is 29.1 Å². The lowest BCUT2D eigenvalue weighted by Crippen LogP contribution is -2.44. The predicted octanol–water partition coefficient (Wildman–Crippen LogP) is 2.94. The van der Waals surface area contributed by atoms with Crippen LogP contribution in [-0.4, -0.2) is 59.6 Å². The lowest BCUT2D eigenvalue weighted by molar-refractivity contribution is -0.133. The van der Waals surface area contributed by atoms with Gasteiger partial charge in [0.2, 0.25) is 0 Å². The van der Waals surface area contributed by atoms with Crippen molar-refractivity contribution in [3.8, 4) is 5.75 Å². The normalized spacial score (nSPS) is 21.5. The molecule has 1 saturated heterocycles. The van der Waals surface area contributed by atoms with Crippen molar-refractivity contribution in [3.05, 3.63) is 51.0 Å². The Morgan fingerprint density at radius 2 is 2.00 bits per heavy atom. The average Bonchev–Trinajstić information content (AvgIpc) is 3.34. The monoisotopic (exact) mass is 472 g/mol. The fourth-order valence-electron chi connectivity index (χ4n) is 4.65. The summed E-state index contributed by atoms with van der Waals surface area (Å²) in [5.41, 5.74) is 2.29. The third kappa shape index (κ3) is 4.58. The van der Waals surface area contributed by atoms with Gasteiger partial charge in [-0.2, -0.15) is 0 Å². The maximum Gasteiger partial charge on any atom is 0.255 e. The maximum absolute atomic E-state index is 14.7. The minimum Gasteiger partial charge on any atom is -0.485 e. The largest absolute Gasteiger partial charge is 0.485 e. The van der Waals surface area contributed by atoms with Gasteiger partial charge in [-0.05, 0) is 24.1 Å². The molecule has 0 spiro atoms. The van der Waals surface area contributed by atoms with Crippen molar-refractivity contribution in [1.82, 2.24) is 9.80 Å². The van der Waals surface area contributed by atoms with Crippen LogP contribution in [0.3, 0.4) is 0 Å². The molecule has 0 bridgehead atoms. The van der Waals surface area contributed by atoms with E-state index in [1.165, 1.54) is 17.4 Å². The van der Waals surface area contributed by atoms with Crippen molar-refractivity contribution in [2.75, 3.05) is 26.3 Å². The first-order valence-corrected chi connectivity index (χ1v) is 12.0. The summed E-state index contributed by atoms with van der Waals surface area (Å²) in [7, 11) is 0. The number of thiophene rings is 1. The van der Waals surface area contributed by atoms with Gasteiger partial charge in [-0.3, -0.25) is 19.3 Å². The minimum absolute atomic E-state index is 0.0656. The van der Waals surface area contributed by atoms with Gasteiger partial charge >= 0.3 is 0 Å². The van der Waals surface area contributed by atoms with Gasteiger partial charge < -0.3 is 14.4 Å². The van der Waals surface area contributed by atoms with Crippen molar-refractivity contribution >= 4 is 28.8 Å². The van der Waals surface area contributed by atoms with Crippen LogP contribution in [0.15, 0.2) is 23.6 Å². The topological polar surface area (TPSA) is 76.2 Å². The van der Waals surface area contributed by atoms with Crippen LogP contribution >= 0.6 is 11.3 Å². The Morgan fingerprint density at radius 1 is 1.18 bits per heavy atom. The summed E-state index contributed by atoms with van der Waals surface area (Å²) in [5, 5.41) is 1.77. The fraction of sp³-hybridized carbons (Fsp3) is 0.458. The molecule has 1 aromatic heterocycles. The standard InChI is InChI=1S/C24H25FN2O5S/c25-19-9-15(11-26-5-7-31-8-6-26)1-4-22(19)32-13-23-17-12-27(24(30)18(17)14-33-23)20-3-2-16(28)10-21(20)29/h1,4,9,14,20H,2-3,5-8,10-13H2/t20-/m0/s1. The molecule has 1 amide bonds. The molecular weight excluding hydrogens is 447 g/mol. The predicted molar refractivity (Wildman–Crippen MR) is 119 cm³/mol. The van der Waals surface area contributed by atoms with Crippen LogP contribution in [0.25, 0.3) is 0 Å². The van der Waals surface area contributed by atoms with E-state index < -0.39 is 11.9 Å². The molecule has 9 heteroatoms. The van der Waals surface area contributed by atoms with Gasteiger partial charge in [-0.15, -0.1) is 11.3 Å². The molecular formula is C24H25FN2O5S. The van der Waals surface area contributed by atoms with E-state index in [0.29, 0.717) is 44.7 Å². The number of nitrogens with zero attached hydrogens (tertiary/aromatic N) is 2. The van der Waals surface area contributed by atoms with E-state index in [1.54, 1.807) is 16.3 Å². The summed E-state index contributed by atoms with van der Waals surface area (Å²) < 4.78 is 25.8. The van der Waals surface area contributed by atoms with Crippen LogP contribution in [0, 0.1) is 5.82 Å². The van der Waals surface area contributed by atoms with Gasteiger partial charge in [-0.1, -0.05) is 6.07 Å². The van der Waals surface area contributed by atoms with Crippen molar-refractivity contribution in [3.63, 3.8) is 0 Å². The third-order valence-electron chi connectivity index (χ3n) is 6.48. The number of ketones is 2. The quantitative estimate of drug-likeness (QED) is 0.602. The van der Waals surface area contributed by atoms with Crippen molar-refractivity contribution < 1.29 is 28.2 Å². The number of amides is 1. The van der Waals surface area contributed by atoms with Gasteiger partial charge in [0.1, 0.15) is 12.4 Å². The number of hydrogen-bond acceptors (Lipinski definition) is 7. The Bertz CT molecular complexity index is 1090. The zero-order chi connectivity index (χ0) is 22.9. The zero-order valence-corrected chi connectivity index (χ0v) is 19.0. The zero-order valence-electron chi connectivity index (χ0n) is 18.2. The molecule has 174 valence electrons. The van der Waals surface area contributed by atoms with Gasteiger partial charge in [0, 0.05) is 48.4 Å². The number of morpholine rings is 1. The molecule has 2 aliphatic heterocycles. The lowest BCUT2D eigenvalue weighted by atomic mass is 9.92. The average molecular weight is 473 g/mol. The van der Waals surface area contributed by atoms with Crippen molar-refractivity contribution in [2.45, 2.75) is 45.0 Å². The first-order chi connectivity index (χ1) is 16.0. The molecule has 0 unspecified atom stereocenters. The van der Waals surface area contributed by atoms with E-state index in [4.69, 9.17) is 9.47 Å². The number of fused-ring (bicyclic) bond motifs is 1. The Balaban J connectivity index is 1.23. The van der Waals surface area contributed by atoms with Crippen molar-refractivity contribution in [1.29, 1.82) is 0 Å². The van der Waals surface area contributed by atoms with Crippen LogP contribution < -0.4 is 4.74 Å². The van der Waals surface area contributed by atoms with E-state index in [2.05, 4.69) is 4.90 Å². The number of Topliss-reactive ketones (excluding diaryl/α,β-unsaturated/α-hetero) is 2. The fourth-order valence-corrected chi connectivity index (χ4v) is 5.60. The number of ether oxygens (including phenoxy) is 2. The highest BCUT2D eigenvalue weighted by molar-refractivity contribution is 7.10. The second kappa shape index (κ2) is 9.32. The first kappa shape index (κ1) is 22.2. The summed E-state index contributed by atoms with van der Waals surface area (Å²) in [6.07, 6.45) is 0.604. The van der Waals surface area contributed by atoms with Gasteiger partial charge in [0.25, 0.3) is 5.91 Å². The Hall–Kier alpha value is -2.62. The van der Waals surface area contributed by atoms with E-state index in [1.807, 2.05) is 6.07 Å². The highest BCUT2D eigenvalue weighted by Gasteiger charge is 2.40.